The summed E-state index contributed by atoms with van der Waals surface area (Å²) in [6, 6.07) is 87.1. The lowest BCUT2D eigenvalue weighted by Gasteiger charge is -2.16. The van der Waals surface area contributed by atoms with Crippen molar-refractivity contribution in [3.63, 3.8) is 0 Å². The molecular weight excluding hydrogens is 775 g/mol. The van der Waals surface area contributed by atoms with Crippen LogP contribution in [0.5, 0.6) is 0 Å². The molecule has 0 aliphatic heterocycles. The second kappa shape index (κ2) is 15.3. The molecule has 3 nitrogen and oxygen atoms in total. The fourth-order valence-electron chi connectivity index (χ4n) is 9.78. The van der Waals surface area contributed by atoms with E-state index in [0.717, 1.165) is 72.0 Å². The van der Waals surface area contributed by atoms with Crippen LogP contribution in [0, 0.1) is 11.3 Å². The van der Waals surface area contributed by atoms with E-state index in [0.29, 0.717) is 5.56 Å². The highest BCUT2D eigenvalue weighted by atomic mass is 15.0. The number of hydrogen-bond donors (Lipinski definition) is 0. The van der Waals surface area contributed by atoms with E-state index in [1.165, 1.54) is 38.6 Å². The van der Waals surface area contributed by atoms with E-state index < -0.39 is 0 Å². The van der Waals surface area contributed by atoms with Gasteiger partial charge >= 0.3 is 0 Å². The topological polar surface area (TPSA) is 33.6 Å². The highest BCUT2D eigenvalue weighted by molar-refractivity contribution is 6.17. The first-order chi connectivity index (χ1) is 31.7. The van der Waals surface area contributed by atoms with E-state index in [1.54, 1.807) is 0 Å². The van der Waals surface area contributed by atoms with Gasteiger partial charge in [-0.25, -0.2) is 0 Å². The van der Waals surface area contributed by atoms with Gasteiger partial charge < -0.3 is 9.13 Å². The van der Waals surface area contributed by atoms with Gasteiger partial charge in [0.25, 0.3) is 0 Å². The Labute approximate surface area is 371 Å². The number of aromatic nitrogens is 2. The van der Waals surface area contributed by atoms with Crippen LogP contribution in [-0.4, -0.2) is 9.13 Å². The Morgan fingerprint density at radius 2 is 0.828 bits per heavy atom. The fourth-order valence-corrected chi connectivity index (χ4v) is 9.78. The van der Waals surface area contributed by atoms with E-state index in [2.05, 4.69) is 234 Å². The molecule has 0 atom stereocenters. The third-order valence-electron chi connectivity index (χ3n) is 12.7. The molecule has 0 spiro atoms. The molecule has 0 radical (unpaired) electrons. The summed E-state index contributed by atoms with van der Waals surface area (Å²) in [5, 5.41) is 14.6. The molecule has 0 fully saturated rings. The molecule has 64 heavy (non-hydrogen) atoms. The first kappa shape index (κ1) is 37.1. The maximum absolute atomic E-state index is 9.91. The predicted octanol–water partition coefficient (Wildman–Crippen LogP) is 16.1. The van der Waals surface area contributed by atoms with E-state index in [-0.39, 0.29) is 0 Å². The zero-order valence-corrected chi connectivity index (χ0v) is 34.9. The number of fused-ring (bicyclic) bond motifs is 6. The van der Waals surface area contributed by atoms with E-state index in [4.69, 9.17) is 0 Å². The molecule has 12 rings (SSSR count). The molecule has 10 aromatic carbocycles. The molecule has 3 heteroatoms. The standard InChI is InChI=1S/C61H39N3/c62-40-41-15-12-23-49(35-41)52-26-14-28-59-61(52)55-38-47(31-34-58(55)63(59)50-24-13-22-45(36-50)42-16-4-1-5-17-42)46-30-33-57-54(37-46)53-25-10-11-27-56(53)64(57)60-39-48(43-18-6-2-7-19-43)29-32-51(60)44-20-8-3-9-21-44/h1-39H. The fraction of sp³-hybridized carbons (Fsp3) is 0. The van der Waals surface area contributed by atoms with Crippen molar-refractivity contribution in [3.05, 3.63) is 242 Å². The summed E-state index contributed by atoms with van der Waals surface area (Å²) in [4.78, 5) is 0. The van der Waals surface area contributed by atoms with Crippen molar-refractivity contribution in [1.82, 2.24) is 9.13 Å². The summed E-state index contributed by atoms with van der Waals surface area (Å²) < 4.78 is 4.84. The summed E-state index contributed by atoms with van der Waals surface area (Å²) in [6.07, 6.45) is 0. The molecule has 2 heterocycles. The number of benzene rings is 10. The Morgan fingerprint density at radius 3 is 1.56 bits per heavy atom. The van der Waals surface area contributed by atoms with Gasteiger partial charge in [0.1, 0.15) is 0 Å². The quantitative estimate of drug-likeness (QED) is 0.158. The number of para-hydroxylation sites is 1. The zero-order chi connectivity index (χ0) is 42.6. The first-order valence-electron chi connectivity index (χ1n) is 21.7. The van der Waals surface area contributed by atoms with Crippen molar-refractivity contribution < 1.29 is 0 Å². The minimum atomic E-state index is 0.643. The maximum atomic E-state index is 9.91. The van der Waals surface area contributed by atoms with Gasteiger partial charge in [-0.1, -0.05) is 170 Å². The van der Waals surface area contributed by atoms with E-state index in [9.17, 15) is 5.26 Å². The third-order valence-corrected chi connectivity index (χ3v) is 12.7. The van der Waals surface area contributed by atoms with Crippen LogP contribution in [0.15, 0.2) is 237 Å². The SMILES string of the molecule is N#Cc1cccc(-c2cccc3c2c2cc(-c4ccc5c(c4)c4ccccc4n5-c4cc(-c5ccccc5)ccc4-c4ccccc4)ccc2n3-c2cccc(-c3ccccc3)c2)c1. The van der Waals surface area contributed by atoms with Crippen LogP contribution in [0.3, 0.4) is 0 Å². The van der Waals surface area contributed by atoms with Crippen LogP contribution >= 0.6 is 0 Å². The number of hydrogen-bond acceptors (Lipinski definition) is 1. The van der Waals surface area contributed by atoms with E-state index in [1.807, 2.05) is 18.2 Å². The molecule has 0 unspecified atom stereocenters. The third kappa shape index (κ3) is 6.20. The number of nitrogens with zero attached hydrogens (tertiary/aromatic N) is 3. The first-order valence-corrected chi connectivity index (χ1v) is 21.7. The van der Waals surface area contributed by atoms with Crippen LogP contribution in [0.4, 0.5) is 0 Å². The molecule has 12 aromatic rings. The molecule has 0 aliphatic carbocycles. The predicted molar refractivity (Wildman–Crippen MR) is 267 cm³/mol. The van der Waals surface area contributed by atoms with Crippen molar-refractivity contribution >= 4 is 43.6 Å². The summed E-state index contributed by atoms with van der Waals surface area (Å²) in [5.41, 5.74) is 18.9. The Kier molecular flexibility index (Phi) is 8.88. The van der Waals surface area contributed by atoms with Crippen molar-refractivity contribution in [3.8, 4) is 73.1 Å². The van der Waals surface area contributed by atoms with Crippen LogP contribution in [0.2, 0.25) is 0 Å². The Morgan fingerprint density at radius 1 is 0.297 bits per heavy atom. The highest BCUT2D eigenvalue weighted by Crippen LogP contribution is 2.43. The van der Waals surface area contributed by atoms with Crippen LogP contribution in [-0.2, 0) is 0 Å². The summed E-state index contributed by atoms with van der Waals surface area (Å²) in [5.74, 6) is 0. The second-order valence-electron chi connectivity index (χ2n) is 16.4. The van der Waals surface area contributed by atoms with Gasteiger partial charge in [0.15, 0.2) is 0 Å². The summed E-state index contributed by atoms with van der Waals surface area (Å²) in [7, 11) is 0. The highest BCUT2D eigenvalue weighted by Gasteiger charge is 2.20. The summed E-state index contributed by atoms with van der Waals surface area (Å²) >= 11 is 0. The average molecular weight is 814 g/mol. The van der Waals surface area contributed by atoms with Crippen molar-refractivity contribution in [2.45, 2.75) is 0 Å². The molecule has 0 aliphatic rings. The van der Waals surface area contributed by atoms with Gasteiger partial charge in [-0.05, 0) is 117 Å². The monoisotopic (exact) mass is 813 g/mol. The Bertz CT molecular complexity index is 3780. The molecule has 0 bridgehead atoms. The molecule has 0 amide bonds. The zero-order valence-electron chi connectivity index (χ0n) is 34.9. The maximum Gasteiger partial charge on any atom is 0.0991 e. The van der Waals surface area contributed by atoms with E-state index >= 15 is 0 Å². The van der Waals surface area contributed by atoms with Crippen molar-refractivity contribution in [2.24, 2.45) is 0 Å². The van der Waals surface area contributed by atoms with Gasteiger partial charge in [0.05, 0.1) is 39.4 Å². The molecular formula is C61H39N3. The van der Waals surface area contributed by atoms with Gasteiger partial charge in [0, 0.05) is 32.8 Å². The van der Waals surface area contributed by atoms with Gasteiger partial charge in [-0.2, -0.15) is 5.26 Å². The lowest BCUT2D eigenvalue weighted by molar-refractivity contribution is 1.18. The van der Waals surface area contributed by atoms with Gasteiger partial charge in [-0.15, -0.1) is 0 Å². The smallest absolute Gasteiger partial charge is 0.0991 e. The molecule has 2 aromatic heterocycles. The van der Waals surface area contributed by atoms with Crippen molar-refractivity contribution in [1.29, 1.82) is 5.26 Å². The lowest BCUT2D eigenvalue weighted by atomic mass is 9.96. The Hall–Kier alpha value is -8.71. The second-order valence-corrected chi connectivity index (χ2v) is 16.4. The van der Waals surface area contributed by atoms with Crippen molar-refractivity contribution in [2.75, 3.05) is 0 Å². The Balaban J connectivity index is 1.08. The lowest BCUT2D eigenvalue weighted by Crippen LogP contribution is -1.98. The largest absolute Gasteiger partial charge is 0.309 e. The number of rotatable bonds is 7. The number of nitriles is 1. The van der Waals surface area contributed by atoms with Crippen LogP contribution < -0.4 is 0 Å². The minimum absolute atomic E-state index is 0.643. The van der Waals surface area contributed by atoms with Crippen LogP contribution in [0.1, 0.15) is 5.56 Å². The summed E-state index contributed by atoms with van der Waals surface area (Å²) in [6.45, 7) is 0. The van der Waals surface area contributed by atoms with Gasteiger partial charge in [-0.3, -0.25) is 0 Å². The average Bonchev–Trinajstić information content (AvgIpc) is 3.89. The molecule has 0 N–H and O–H groups in total. The van der Waals surface area contributed by atoms with Crippen LogP contribution in [0.25, 0.3) is 111 Å². The molecule has 298 valence electrons. The normalized spacial score (nSPS) is 11.4. The molecule has 0 saturated carbocycles. The molecule has 0 saturated heterocycles. The van der Waals surface area contributed by atoms with Gasteiger partial charge in [0.2, 0.25) is 0 Å². The minimum Gasteiger partial charge on any atom is -0.309 e.